The van der Waals surface area contributed by atoms with Gasteiger partial charge in [0.2, 0.25) is 0 Å². The van der Waals surface area contributed by atoms with E-state index in [-0.39, 0.29) is 35.1 Å². The van der Waals surface area contributed by atoms with E-state index in [0.29, 0.717) is 17.1 Å². The average molecular weight is 811 g/mol. The van der Waals surface area contributed by atoms with E-state index in [0.717, 1.165) is 66.8 Å². The molecule has 1 heterocycles. The van der Waals surface area contributed by atoms with Crippen LogP contribution in [-0.4, -0.2) is 0 Å². The van der Waals surface area contributed by atoms with Gasteiger partial charge in [0.25, 0.3) is 0 Å². The van der Waals surface area contributed by atoms with Gasteiger partial charge in [-0.15, -0.1) is 0 Å². The molecule has 10 aromatic carbocycles. The van der Waals surface area contributed by atoms with E-state index in [1.54, 1.807) is 0 Å². The fourth-order valence-corrected chi connectivity index (χ4v) is 9.76. The smallest absolute Gasteiger partial charge is 0.143 e. The third kappa shape index (κ3) is 6.17. The number of hydrogen-bond acceptors (Lipinski definition) is 2. The number of para-hydroxylation sites is 1. The summed E-state index contributed by atoms with van der Waals surface area (Å²) in [6.45, 7) is 4.63. The third-order valence-electron chi connectivity index (χ3n) is 13.0. The van der Waals surface area contributed by atoms with E-state index in [2.05, 4.69) is 176 Å². The molecule has 0 spiro atoms. The Morgan fingerprint density at radius 1 is 0.381 bits per heavy atom. The average Bonchev–Trinajstić information content (AvgIpc) is 3.51. The van der Waals surface area contributed by atoms with Crippen molar-refractivity contribution in [3.8, 4) is 78.3 Å². The molecular formula is C61H43NO. The van der Waals surface area contributed by atoms with Crippen molar-refractivity contribution in [1.82, 2.24) is 0 Å². The van der Waals surface area contributed by atoms with Crippen LogP contribution < -0.4 is 9.64 Å². The van der Waals surface area contributed by atoms with Crippen LogP contribution in [0.1, 0.15) is 31.8 Å². The van der Waals surface area contributed by atoms with Crippen LogP contribution in [0.15, 0.2) is 224 Å². The Balaban J connectivity index is 0.996. The summed E-state index contributed by atoms with van der Waals surface area (Å²) >= 11 is 0. The maximum absolute atomic E-state index is 8.79. The molecule has 0 N–H and O–H groups in total. The molecule has 0 aromatic heterocycles. The van der Waals surface area contributed by atoms with Crippen LogP contribution in [-0.2, 0) is 5.41 Å². The van der Waals surface area contributed by atoms with E-state index in [1.807, 2.05) is 36.4 Å². The Morgan fingerprint density at radius 2 is 0.937 bits per heavy atom. The Hall–Kier alpha value is -7.94. The maximum atomic E-state index is 8.79. The minimum Gasteiger partial charge on any atom is -0.455 e. The second-order valence-electron chi connectivity index (χ2n) is 16.9. The molecule has 63 heavy (non-hydrogen) atoms. The van der Waals surface area contributed by atoms with Crippen molar-refractivity contribution in [1.29, 1.82) is 0 Å². The molecule has 1 aliphatic heterocycles. The minimum atomic E-state index is -0.425. The first kappa shape index (κ1) is 31.9. The summed E-state index contributed by atoms with van der Waals surface area (Å²) in [5.74, 6) is 1.20. The first-order valence-electron chi connectivity index (χ1n) is 23.9. The molecular weight excluding hydrogens is 763 g/mol. The summed E-state index contributed by atoms with van der Waals surface area (Å²) in [6.07, 6.45) is 0. The van der Waals surface area contributed by atoms with Gasteiger partial charge in [0, 0.05) is 39.2 Å². The fourth-order valence-electron chi connectivity index (χ4n) is 9.76. The van der Waals surface area contributed by atoms with Gasteiger partial charge in [-0.05, 0) is 133 Å². The molecule has 0 fully saturated rings. The predicted molar refractivity (Wildman–Crippen MR) is 263 cm³/mol. The molecule has 0 amide bonds. The van der Waals surface area contributed by atoms with Gasteiger partial charge in [-0.3, -0.25) is 0 Å². The second-order valence-corrected chi connectivity index (χ2v) is 16.9. The van der Waals surface area contributed by atoms with Crippen LogP contribution >= 0.6 is 0 Å². The number of nitrogens with zero attached hydrogens (tertiary/aromatic N) is 1. The topological polar surface area (TPSA) is 12.5 Å². The highest BCUT2D eigenvalue weighted by Crippen LogP contribution is 2.53. The van der Waals surface area contributed by atoms with Crippen molar-refractivity contribution in [3.05, 3.63) is 235 Å². The van der Waals surface area contributed by atoms with Gasteiger partial charge >= 0.3 is 0 Å². The van der Waals surface area contributed by atoms with E-state index < -0.39 is 6.04 Å². The minimum absolute atomic E-state index is 0.130. The number of benzene rings is 10. The van der Waals surface area contributed by atoms with Crippen LogP contribution in [0.2, 0.25) is 0 Å². The highest BCUT2D eigenvalue weighted by molar-refractivity contribution is 6.01. The van der Waals surface area contributed by atoms with Crippen LogP contribution in [0.25, 0.3) is 77.5 Å². The van der Waals surface area contributed by atoms with Crippen LogP contribution in [0, 0.1) is 0 Å². The number of anilines is 3. The molecule has 0 radical (unpaired) electrons. The van der Waals surface area contributed by atoms with E-state index >= 15 is 0 Å². The molecule has 2 heteroatoms. The Labute approximate surface area is 376 Å². The largest absolute Gasteiger partial charge is 0.455 e. The summed E-state index contributed by atoms with van der Waals surface area (Å²) in [7, 11) is 0. The van der Waals surface area contributed by atoms with Crippen molar-refractivity contribution >= 4 is 27.8 Å². The SMILES string of the molecule is [2H]c1c([2H])c([2H])c(-c2ccc3c(c2)Oc2c(-c4ccc(N(c5ccc(-c6ccccc6)cc5)c5ccc6c(c5)C(C)(C)c5ccccc5-6)cc4)cccc2-c2cc4ccccc4cc2-3)c([2H])c1[2H]. The summed E-state index contributed by atoms with van der Waals surface area (Å²) in [5.41, 5.74) is 16.7. The summed E-state index contributed by atoms with van der Waals surface area (Å²) in [6, 6.07) is 66.4. The van der Waals surface area contributed by atoms with Crippen molar-refractivity contribution in [2.45, 2.75) is 19.3 Å². The molecule has 12 rings (SSSR count). The van der Waals surface area contributed by atoms with Gasteiger partial charge in [-0.1, -0.05) is 178 Å². The number of rotatable bonds is 6. The van der Waals surface area contributed by atoms with Gasteiger partial charge in [0.15, 0.2) is 0 Å². The first-order valence-corrected chi connectivity index (χ1v) is 21.4. The zero-order valence-corrected chi connectivity index (χ0v) is 34.8. The molecule has 0 atom stereocenters. The quantitative estimate of drug-likeness (QED) is 0.166. The maximum Gasteiger partial charge on any atom is 0.143 e. The molecule has 0 unspecified atom stereocenters. The van der Waals surface area contributed by atoms with Crippen LogP contribution in [0.5, 0.6) is 11.5 Å². The molecule has 2 nitrogen and oxygen atoms in total. The lowest BCUT2D eigenvalue weighted by molar-refractivity contribution is 0.490. The normalized spacial score (nSPS) is 14.0. The fraction of sp³-hybridized carbons (Fsp3) is 0.0492. The molecule has 2 aliphatic rings. The Kier molecular flexibility index (Phi) is 7.39. The highest BCUT2D eigenvalue weighted by Gasteiger charge is 2.36. The lowest BCUT2D eigenvalue weighted by Crippen LogP contribution is -2.16. The third-order valence-corrected chi connectivity index (χ3v) is 13.0. The molecule has 0 saturated heterocycles. The predicted octanol–water partition coefficient (Wildman–Crippen LogP) is 17.1. The van der Waals surface area contributed by atoms with Gasteiger partial charge in [0.1, 0.15) is 11.5 Å². The second kappa shape index (κ2) is 14.6. The lowest BCUT2D eigenvalue weighted by Gasteiger charge is -2.28. The summed E-state index contributed by atoms with van der Waals surface area (Å²) in [5, 5.41) is 2.18. The van der Waals surface area contributed by atoms with Gasteiger partial charge in [0.05, 0.1) is 6.85 Å². The van der Waals surface area contributed by atoms with Crippen LogP contribution in [0.3, 0.4) is 0 Å². The number of ether oxygens (including phenoxy) is 1. The summed E-state index contributed by atoms with van der Waals surface area (Å²) in [4.78, 5) is 2.33. The lowest BCUT2D eigenvalue weighted by atomic mass is 9.82. The van der Waals surface area contributed by atoms with Crippen LogP contribution in [0.4, 0.5) is 17.1 Å². The molecule has 0 bridgehead atoms. The van der Waals surface area contributed by atoms with Gasteiger partial charge < -0.3 is 9.64 Å². The zero-order chi connectivity index (χ0) is 46.4. The van der Waals surface area contributed by atoms with Crippen molar-refractivity contribution in [2.75, 3.05) is 4.90 Å². The number of hydrogen-bond donors (Lipinski definition) is 0. The summed E-state index contributed by atoms with van der Waals surface area (Å²) < 4.78 is 49.7. The molecule has 0 saturated carbocycles. The molecule has 1 aliphatic carbocycles. The van der Waals surface area contributed by atoms with Crippen molar-refractivity contribution in [3.63, 3.8) is 0 Å². The number of fused-ring (bicyclic) bond motifs is 9. The van der Waals surface area contributed by atoms with E-state index in [4.69, 9.17) is 11.6 Å². The van der Waals surface area contributed by atoms with Crippen molar-refractivity contribution in [2.24, 2.45) is 0 Å². The van der Waals surface area contributed by atoms with Gasteiger partial charge in [-0.25, -0.2) is 0 Å². The standard InChI is InChI=1S/C61H43NO/c1-61(2)57-23-12-11-20-51(57)52-35-33-49(39-58(52)61)62(47-29-24-42(25-30-47)40-14-5-3-6-15-40)48-31-26-43(27-32-48)50-21-13-22-54-56-37-45-19-10-9-18-44(45)36-55(56)53-34-28-46(38-59(53)63-60(50)54)41-16-7-4-8-17-41/h3-39H,1-2H3/i4D,7D,8D,16D,17D. The van der Waals surface area contributed by atoms with E-state index in [1.165, 1.54) is 27.8 Å². The zero-order valence-electron chi connectivity index (χ0n) is 39.8. The first-order chi connectivity index (χ1) is 33.0. The Morgan fingerprint density at radius 3 is 1.68 bits per heavy atom. The monoisotopic (exact) mass is 810 g/mol. The highest BCUT2D eigenvalue weighted by atomic mass is 16.5. The Bertz CT molecular complexity index is 3650. The molecule has 298 valence electrons. The van der Waals surface area contributed by atoms with Crippen molar-refractivity contribution < 1.29 is 11.6 Å². The van der Waals surface area contributed by atoms with Gasteiger partial charge in [-0.2, -0.15) is 0 Å². The molecule has 10 aromatic rings. The van der Waals surface area contributed by atoms with E-state index in [9.17, 15) is 0 Å².